The van der Waals surface area contributed by atoms with E-state index in [1.807, 2.05) is 13.1 Å². The van der Waals surface area contributed by atoms with Crippen LogP contribution in [0.5, 0.6) is 5.88 Å². The standard InChI is InChI=1S/C18H23N5O2/c1-12-20-10-13(16(22-12)15-7-5-9-23(15)2)11-21-17(24)14-6-4-8-19-18(14)25-3/h4,6,8,10,15H,5,7,9,11H2,1-3H3,(H,21,24)/t15-/m1/s1. The smallest absolute Gasteiger partial charge is 0.257 e. The Kier molecular flexibility index (Phi) is 5.23. The van der Waals surface area contributed by atoms with Gasteiger partial charge in [0.25, 0.3) is 5.91 Å². The van der Waals surface area contributed by atoms with E-state index in [1.54, 1.807) is 18.3 Å². The third kappa shape index (κ3) is 3.76. The minimum atomic E-state index is -0.226. The van der Waals surface area contributed by atoms with Crippen molar-refractivity contribution in [2.75, 3.05) is 20.7 Å². The van der Waals surface area contributed by atoms with E-state index >= 15 is 0 Å². The van der Waals surface area contributed by atoms with Gasteiger partial charge in [-0.05, 0) is 45.5 Å². The number of carbonyl (C=O) groups excluding carboxylic acids is 1. The summed E-state index contributed by atoms with van der Waals surface area (Å²) in [6, 6.07) is 3.69. The Labute approximate surface area is 147 Å². The molecule has 7 heteroatoms. The number of rotatable bonds is 5. The van der Waals surface area contributed by atoms with Gasteiger partial charge in [0.15, 0.2) is 0 Å². The number of hydrogen-bond acceptors (Lipinski definition) is 6. The monoisotopic (exact) mass is 341 g/mol. The quantitative estimate of drug-likeness (QED) is 0.894. The fraction of sp³-hybridized carbons (Fsp3) is 0.444. The maximum absolute atomic E-state index is 12.5. The molecule has 2 aromatic heterocycles. The largest absolute Gasteiger partial charge is 0.480 e. The second kappa shape index (κ2) is 7.57. The summed E-state index contributed by atoms with van der Waals surface area (Å²) >= 11 is 0. The van der Waals surface area contributed by atoms with Crippen molar-refractivity contribution in [2.45, 2.75) is 32.4 Å². The lowest BCUT2D eigenvalue weighted by molar-refractivity contribution is 0.0947. The topological polar surface area (TPSA) is 80.2 Å². The lowest BCUT2D eigenvalue weighted by atomic mass is 10.1. The molecule has 1 atom stereocenters. The van der Waals surface area contributed by atoms with Gasteiger partial charge in [-0.3, -0.25) is 9.69 Å². The number of ether oxygens (including phenoxy) is 1. The molecule has 1 amide bonds. The van der Waals surface area contributed by atoms with E-state index in [1.165, 1.54) is 7.11 Å². The lowest BCUT2D eigenvalue weighted by Crippen LogP contribution is -2.26. The molecular formula is C18H23N5O2. The summed E-state index contributed by atoms with van der Waals surface area (Å²) in [6.45, 7) is 3.32. The first-order valence-corrected chi connectivity index (χ1v) is 8.40. The molecule has 1 N–H and O–H groups in total. The van der Waals surface area contributed by atoms with Crippen LogP contribution in [0.3, 0.4) is 0 Å². The molecule has 1 saturated heterocycles. The summed E-state index contributed by atoms with van der Waals surface area (Å²) in [5.41, 5.74) is 2.36. The summed E-state index contributed by atoms with van der Waals surface area (Å²) in [4.78, 5) is 27.8. The van der Waals surface area contributed by atoms with E-state index in [0.29, 0.717) is 18.0 Å². The number of nitrogens with one attached hydrogen (secondary N) is 1. The molecule has 0 saturated carbocycles. The fourth-order valence-electron chi connectivity index (χ4n) is 3.19. The van der Waals surface area contributed by atoms with Crippen LogP contribution in [0.25, 0.3) is 0 Å². The first kappa shape index (κ1) is 17.3. The van der Waals surface area contributed by atoms with Gasteiger partial charge in [0.1, 0.15) is 11.4 Å². The van der Waals surface area contributed by atoms with Gasteiger partial charge in [0, 0.05) is 24.5 Å². The molecule has 3 heterocycles. The molecule has 0 unspecified atom stereocenters. The zero-order valence-electron chi connectivity index (χ0n) is 14.8. The lowest BCUT2D eigenvalue weighted by Gasteiger charge is -2.21. The van der Waals surface area contributed by atoms with Gasteiger partial charge in [0.2, 0.25) is 5.88 Å². The van der Waals surface area contributed by atoms with Crippen molar-refractivity contribution in [1.82, 2.24) is 25.2 Å². The molecule has 25 heavy (non-hydrogen) atoms. The van der Waals surface area contributed by atoms with E-state index in [4.69, 9.17) is 4.74 Å². The first-order chi connectivity index (χ1) is 12.1. The van der Waals surface area contributed by atoms with Crippen molar-refractivity contribution in [1.29, 1.82) is 0 Å². The zero-order valence-corrected chi connectivity index (χ0v) is 14.8. The molecule has 2 aromatic rings. The predicted molar refractivity (Wildman–Crippen MR) is 93.3 cm³/mol. The molecule has 0 radical (unpaired) electrons. The Morgan fingerprint density at radius 1 is 1.44 bits per heavy atom. The summed E-state index contributed by atoms with van der Waals surface area (Å²) in [6.07, 6.45) is 5.63. The summed E-state index contributed by atoms with van der Waals surface area (Å²) in [7, 11) is 3.61. The minimum Gasteiger partial charge on any atom is -0.480 e. The number of nitrogens with zero attached hydrogens (tertiary/aromatic N) is 4. The van der Waals surface area contributed by atoms with Gasteiger partial charge in [0.05, 0.1) is 18.8 Å². The molecule has 3 rings (SSSR count). The van der Waals surface area contributed by atoms with E-state index < -0.39 is 0 Å². The van der Waals surface area contributed by atoms with E-state index in [0.717, 1.165) is 36.5 Å². The third-order valence-electron chi connectivity index (χ3n) is 4.50. The highest BCUT2D eigenvalue weighted by Gasteiger charge is 2.26. The van der Waals surface area contributed by atoms with Gasteiger partial charge >= 0.3 is 0 Å². The SMILES string of the molecule is COc1ncccc1C(=O)NCc1cnc(C)nc1[C@H]1CCCN1C. The number of hydrogen-bond donors (Lipinski definition) is 1. The van der Waals surface area contributed by atoms with Crippen LogP contribution in [0.1, 0.15) is 46.3 Å². The normalized spacial score (nSPS) is 17.5. The molecule has 7 nitrogen and oxygen atoms in total. The van der Waals surface area contributed by atoms with Crippen molar-refractivity contribution in [3.63, 3.8) is 0 Å². The molecule has 0 bridgehead atoms. The number of pyridine rings is 1. The van der Waals surface area contributed by atoms with Crippen LogP contribution in [0, 0.1) is 6.92 Å². The van der Waals surface area contributed by atoms with E-state index in [9.17, 15) is 4.79 Å². The highest BCUT2D eigenvalue weighted by atomic mass is 16.5. The van der Waals surface area contributed by atoms with Crippen LogP contribution >= 0.6 is 0 Å². The van der Waals surface area contributed by atoms with Crippen molar-refractivity contribution in [3.8, 4) is 5.88 Å². The van der Waals surface area contributed by atoms with Gasteiger partial charge in [-0.25, -0.2) is 15.0 Å². The zero-order chi connectivity index (χ0) is 17.8. The van der Waals surface area contributed by atoms with Crippen molar-refractivity contribution < 1.29 is 9.53 Å². The van der Waals surface area contributed by atoms with Crippen LogP contribution in [0.4, 0.5) is 0 Å². The van der Waals surface area contributed by atoms with E-state index in [-0.39, 0.29) is 11.9 Å². The van der Waals surface area contributed by atoms with E-state index in [2.05, 4.69) is 32.2 Å². The van der Waals surface area contributed by atoms with Crippen LogP contribution < -0.4 is 10.1 Å². The second-order valence-corrected chi connectivity index (χ2v) is 6.21. The Hall–Kier alpha value is -2.54. The Bertz CT molecular complexity index is 765. The predicted octanol–water partition coefficient (Wildman–Crippen LogP) is 1.89. The number of amides is 1. The highest BCUT2D eigenvalue weighted by molar-refractivity contribution is 5.96. The second-order valence-electron chi connectivity index (χ2n) is 6.21. The van der Waals surface area contributed by atoms with Gasteiger partial charge in [-0.1, -0.05) is 0 Å². The molecule has 1 aliphatic heterocycles. The van der Waals surface area contributed by atoms with Crippen molar-refractivity contribution in [2.24, 2.45) is 0 Å². The maximum atomic E-state index is 12.5. The van der Waals surface area contributed by atoms with Gasteiger partial charge < -0.3 is 10.1 Å². The van der Waals surface area contributed by atoms with Crippen LogP contribution in [-0.4, -0.2) is 46.5 Å². The van der Waals surface area contributed by atoms with Crippen LogP contribution in [-0.2, 0) is 6.54 Å². The number of carbonyl (C=O) groups is 1. The fourth-order valence-corrected chi connectivity index (χ4v) is 3.19. The highest BCUT2D eigenvalue weighted by Crippen LogP contribution is 2.31. The Morgan fingerprint density at radius 2 is 2.28 bits per heavy atom. The number of methoxy groups -OCH3 is 1. The van der Waals surface area contributed by atoms with Crippen molar-refractivity contribution in [3.05, 3.63) is 47.2 Å². The summed E-state index contributed by atoms with van der Waals surface area (Å²) in [5.74, 6) is 0.839. The average molecular weight is 341 g/mol. The molecule has 1 aliphatic rings. The number of aromatic nitrogens is 3. The molecule has 0 aliphatic carbocycles. The van der Waals surface area contributed by atoms with Gasteiger partial charge in [-0.15, -0.1) is 0 Å². The molecule has 132 valence electrons. The maximum Gasteiger partial charge on any atom is 0.257 e. The Morgan fingerprint density at radius 3 is 3.00 bits per heavy atom. The van der Waals surface area contributed by atoms with Crippen LogP contribution in [0.15, 0.2) is 24.5 Å². The number of aryl methyl sites for hydroxylation is 1. The molecule has 1 fully saturated rings. The number of likely N-dealkylation sites (tertiary alicyclic amines) is 1. The van der Waals surface area contributed by atoms with Crippen LogP contribution in [0.2, 0.25) is 0 Å². The molecule has 0 aromatic carbocycles. The molecular weight excluding hydrogens is 318 g/mol. The third-order valence-corrected chi connectivity index (χ3v) is 4.50. The minimum absolute atomic E-state index is 0.226. The van der Waals surface area contributed by atoms with Crippen molar-refractivity contribution >= 4 is 5.91 Å². The average Bonchev–Trinajstić information content (AvgIpc) is 3.06. The summed E-state index contributed by atoms with van der Waals surface area (Å²) in [5, 5.41) is 2.93. The van der Waals surface area contributed by atoms with Gasteiger partial charge in [-0.2, -0.15) is 0 Å². The summed E-state index contributed by atoms with van der Waals surface area (Å²) < 4.78 is 5.15. The Balaban J connectivity index is 1.78. The molecule has 0 spiro atoms. The first-order valence-electron chi connectivity index (χ1n) is 8.40.